The molecule has 2 heterocycles. The summed E-state index contributed by atoms with van der Waals surface area (Å²) in [6.45, 7) is 4.72. The molecule has 0 spiro atoms. The number of amides is 1. The van der Waals surface area contributed by atoms with Crippen LogP contribution in [0, 0.1) is 0 Å². The molecule has 9 heteroatoms. The number of hydroxylamine groups is 3. The molecule has 3 atom stereocenters. The van der Waals surface area contributed by atoms with Crippen molar-refractivity contribution in [2.24, 2.45) is 0 Å². The maximum atomic E-state index is 13.0. The Bertz CT molecular complexity index is 967. The highest BCUT2D eigenvalue weighted by Gasteiger charge is 2.54. The van der Waals surface area contributed by atoms with Crippen molar-refractivity contribution < 1.29 is 33.7 Å². The van der Waals surface area contributed by atoms with E-state index in [4.69, 9.17) is 9.57 Å². The SMILES string of the molecule is CCC(=O)N(c1ccccc1)[C@H]1CC[N+](CCc2cccs2)(OC(=O)C(=O)O)C[C@@]1(C)OC. The molecular formula is C24H31N2O6S+. The van der Waals surface area contributed by atoms with Gasteiger partial charge in [0.2, 0.25) is 5.91 Å². The lowest BCUT2D eigenvalue weighted by Crippen LogP contribution is -2.70. The summed E-state index contributed by atoms with van der Waals surface area (Å²) in [6.07, 6.45) is 1.44. The number of carboxylic acids is 1. The van der Waals surface area contributed by atoms with E-state index in [2.05, 4.69) is 0 Å². The quantitative estimate of drug-likeness (QED) is 0.465. The fourth-order valence-corrected chi connectivity index (χ4v) is 5.28. The summed E-state index contributed by atoms with van der Waals surface area (Å²) in [5.41, 5.74) is -0.105. The fraction of sp³-hybridized carbons (Fsp3) is 0.458. The Kier molecular flexibility index (Phi) is 7.88. The number of carbonyl (C=O) groups is 3. The molecule has 0 radical (unpaired) electrons. The van der Waals surface area contributed by atoms with Crippen molar-refractivity contribution in [3.05, 3.63) is 52.7 Å². The van der Waals surface area contributed by atoms with Crippen LogP contribution in [0.25, 0.3) is 0 Å². The first kappa shape index (κ1) is 24.9. The number of ether oxygens (including phenoxy) is 1. The van der Waals surface area contributed by atoms with Gasteiger partial charge in [-0.05, 0) is 30.5 Å². The summed E-state index contributed by atoms with van der Waals surface area (Å²) in [6, 6.07) is 13.1. The van der Waals surface area contributed by atoms with Gasteiger partial charge in [-0.25, -0.2) is 9.59 Å². The highest BCUT2D eigenvalue weighted by atomic mass is 32.1. The topological polar surface area (TPSA) is 93.1 Å². The number of piperidine rings is 1. The molecule has 8 nitrogen and oxygen atoms in total. The van der Waals surface area contributed by atoms with Gasteiger partial charge in [-0.3, -0.25) is 9.63 Å². The lowest BCUT2D eigenvalue weighted by atomic mass is 9.86. The molecule has 33 heavy (non-hydrogen) atoms. The third kappa shape index (κ3) is 5.61. The van der Waals surface area contributed by atoms with Gasteiger partial charge < -0.3 is 14.7 Å². The minimum absolute atomic E-state index is 0.0319. The highest BCUT2D eigenvalue weighted by Crippen LogP contribution is 2.36. The van der Waals surface area contributed by atoms with Crippen molar-refractivity contribution in [2.45, 2.75) is 44.8 Å². The van der Waals surface area contributed by atoms with Crippen LogP contribution in [0.2, 0.25) is 0 Å². The number of para-hydroxylation sites is 1. The number of hydrogen-bond acceptors (Lipinski definition) is 6. The average molecular weight is 476 g/mol. The molecule has 0 aliphatic carbocycles. The van der Waals surface area contributed by atoms with Crippen molar-refractivity contribution in [1.29, 1.82) is 0 Å². The third-order valence-corrected chi connectivity index (χ3v) is 7.23. The number of carbonyl (C=O) groups excluding carboxylic acids is 2. The number of benzene rings is 1. The summed E-state index contributed by atoms with van der Waals surface area (Å²) in [7, 11) is 1.57. The Morgan fingerprint density at radius 2 is 1.94 bits per heavy atom. The summed E-state index contributed by atoms with van der Waals surface area (Å²) < 4.78 is 5.80. The number of rotatable bonds is 8. The largest absolute Gasteiger partial charge is 0.473 e. The van der Waals surface area contributed by atoms with Gasteiger partial charge in [-0.2, -0.15) is 0 Å². The van der Waals surface area contributed by atoms with Gasteiger partial charge in [0.1, 0.15) is 25.2 Å². The summed E-state index contributed by atoms with van der Waals surface area (Å²) in [5, 5.41) is 11.2. The van der Waals surface area contributed by atoms with Gasteiger partial charge in [0.15, 0.2) is 0 Å². The normalized spacial score (nSPS) is 24.8. The number of anilines is 1. The second-order valence-corrected chi connectivity index (χ2v) is 9.48. The van der Waals surface area contributed by atoms with Gasteiger partial charge in [0.25, 0.3) is 0 Å². The van der Waals surface area contributed by atoms with E-state index in [1.807, 2.05) is 61.7 Å². The standard InChI is InChI=1S/C24H30N2O6S/c1-4-21(27)25(18-9-6-5-7-10-18)20-13-15-26(17-24(20,2)31-3,32-23(30)22(28)29)14-12-19-11-8-16-33-19/h5-11,16,20H,4,12-15,17H2,1-3H3/p+1/t20-,24+,26?/m0/s1. The summed E-state index contributed by atoms with van der Waals surface area (Å²) >= 11 is 1.60. The van der Waals surface area contributed by atoms with Crippen molar-refractivity contribution in [2.75, 3.05) is 31.6 Å². The van der Waals surface area contributed by atoms with Crippen molar-refractivity contribution in [3.8, 4) is 0 Å². The number of aliphatic carboxylic acids is 1. The third-order valence-electron chi connectivity index (χ3n) is 6.30. The molecule has 1 aliphatic heterocycles. The van der Waals surface area contributed by atoms with E-state index in [-0.39, 0.29) is 23.1 Å². The number of thiophene rings is 1. The summed E-state index contributed by atoms with van der Waals surface area (Å²) in [4.78, 5) is 44.9. The van der Waals surface area contributed by atoms with Gasteiger partial charge in [0.05, 0.1) is 6.04 Å². The zero-order valence-electron chi connectivity index (χ0n) is 19.2. The van der Waals surface area contributed by atoms with Crippen LogP contribution < -0.4 is 4.90 Å². The molecule has 1 amide bonds. The Morgan fingerprint density at radius 1 is 1.21 bits per heavy atom. The first-order valence-corrected chi connectivity index (χ1v) is 11.9. The molecular weight excluding hydrogens is 444 g/mol. The lowest BCUT2D eigenvalue weighted by Gasteiger charge is -2.51. The van der Waals surface area contributed by atoms with Crippen LogP contribution in [0.4, 0.5) is 5.69 Å². The highest BCUT2D eigenvalue weighted by molar-refractivity contribution is 7.09. The number of methoxy groups -OCH3 is 1. The Labute approximate surface area is 197 Å². The Hall–Kier alpha value is -2.75. The maximum Gasteiger partial charge on any atom is 0.473 e. The van der Waals surface area contributed by atoms with Gasteiger partial charge >= 0.3 is 11.9 Å². The molecule has 1 fully saturated rings. The van der Waals surface area contributed by atoms with Crippen LogP contribution in [-0.2, 0) is 30.4 Å². The Morgan fingerprint density at radius 3 is 2.52 bits per heavy atom. The van der Waals surface area contributed by atoms with Crippen LogP contribution >= 0.6 is 11.3 Å². The lowest BCUT2D eigenvalue weighted by molar-refractivity contribution is -1.10. The average Bonchev–Trinajstić information content (AvgIpc) is 3.34. The summed E-state index contributed by atoms with van der Waals surface area (Å²) in [5.74, 6) is -2.95. The molecule has 1 aromatic heterocycles. The number of carboxylic acid groups (broad SMARTS) is 1. The zero-order chi connectivity index (χ0) is 24.1. The van der Waals surface area contributed by atoms with Crippen LogP contribution in [0.5, 0.6) is 0 Å². The van der Waals surface area contributed by atoms with Gasteiger partial charge in [-0.1, -0.05) is 31.2 Å². The number of quaternary nitrogens is 1. The number of hydrogen-bond donors (Lipinski definition) is 1. The number of likely N-dealkylation sites (tertiary alicyclic amines) is 1. The first-order valence-electron chi connectivity index (χ1n) is 11.0. The number of nitrogens with zero attached hydrogens (tertiary/aromatic N) is 2. The Balaban J connectivity index is 1.94. The van der Waals surface area contributed by atoms with E-state index in [0.717, 1.165) is 10.6 Å². The second kappa shape index (κ2) is 10.5. The predicted molar refractivity (Wildman–Crippen MR) is 125 cm³/mol. The first-order chi connectivity index (χ1) is 15.7. The molecule has 178 valence electrons. The van der Waals surface area contributed by atoms with E-state index in [9.17, 15) is 19.5 Å². The smallest absolute Gasteiger partial charge is 0.473 e. The minimum Gasteiger partial charge on any atom is -0.473 e. The van der Waals surface area contributed by atoms with Gasteiger partial charge in [0, 0.05) is 36.9 Å². The predicted octanol–water partition coefficient (Wildman–Crippen LogP) is 3.27. The zero-order valence-corrected chi connectivity index (χ0v) is 20.0. The fourth-order valence-electron chi connectivity index (χ4n) is 4.58. The molecule has 1 saturated heterocycles. The molecule has 1 aliphatic rings. The second-order valence-electron chi connectivity index (χ2n) is 8.45. The molecule has 1 unspecified atom stereocenters. The molecule has 0 bridgehead atoms. The maximum absolute atomic E-state index is 13.0. The minimum atomic E-state index is -1.63. The van der Waals surface area contributed by atoms with Crippen LogP contribution in [0.3, 0.4) is 0 Å². The van der Waals surface area contributed by atoms with E-state index >= 15 is 0 Å². The van der Waals surface area contributed by atoms with Crippen molar-refractivity contribution in [1.82, 2.24) is 0 Å². The van der Waals surface area contributed by atoms with E-state index in [0.29, 0.717) is 32.4 Å². The molecule has 3 rings (SSSR count). The monoisotopic (exact) mass is 475 g/mol. The van der Waals surface area contributed by atoms with Gasteiger partial charge in [-0.15, -0.1) is 16.0 Å². The van der Waals surface area contributed by atoms with Crippen LogP contribution in [0.15, 0.2) is 47.8 Å². The molecule has 1 aromatic carbocycles. The van der Waals surface area contributed by atoms with Crippen LogP contribution in [0.1, 0.15) is 31.6 Å². The van der Waals surface area contributed by atoms with Crippen molar-refractivity contribution >= 4 is 34.9 Å². The molecule has 2 aromatic rings. The molecule has 0 saturated carbocycles. The van der Waals surface area contributed by atoms with Crippen molar-refractivity contribution in [3.63, 3.8) is 0 Å². The molecule has 1 N–H and O–H groups in total. The van der Waals surface area contributed by atoms with E-state index in [1.165, 1.54) is 0 Å². The van der Waals surface area contributed by atoms with E-state index < -0.39 is 17.5 Å². The van der Waals surface area contributed by atoms with E-state index in [1.54, 1.807) is 23.3 Å². The van der Waals surface area contributed by atoms with Crippen LogP contribution in [-0.4, -0.2) is 66.0 Å².